The third kappa shape index (κ3) is 9.76. The molecule has 0 aromatic heterocycles. The molecule has 2 N–H and O–H groups in total. The zero-order valence-corrected chi connectivity index (χ0v) is 8.75. The molecular formula is C9H21NO3. The molecular weight excluding hydrogens is 170 g/mol. The highest BCUT2D eigenvalue weighted by molar-refractivity contribution is 4.60. The first-order chi connectivity index (χ1) is 6.16. The van der Waals surface area contributed by atoms with Gasteiger partial charge in [0, 0.05) is 19.7 Å². The van der Waals surface area contributed by atoms with Gasteiger partial charge in [0.25, 0.3) is 0 Å². The van der Waals surface area contributed by atoms with Crippen LogP contribution < -0.4 is 5.32 Å². The van der Waals surface area contributed by atoms with E-state index in [9.17, 15) is 5.11 Å². The molecule has 80 valence electrons. The minimum atomic E-state index is -0.431. The highest BCUT2D eigenvalue weighted by Crippen LogP contribution is 1.86. The first-order valence-electron chi connectivity index (χ1n) is 4.65. The maximum Gasteiger partial charge on any atom is 0.0897 e. The third-order valence-corrected chi connectivity index (χ3v) is 1.50. The first kappa shape index (κ1) is 12.8. The van der Waals surface area contributed by atoms with Gasteiger partial charge in [0.05, 0.1) is 25.9 Å². The topological polar surface area (TPSA) is 50.7 Å². The number of aliphatic hydroxyl groups excluding tert-OH is 1. The van der Waals surface area contributed by atoms with Crippen molar-refractivity contribution in [3.8, 4) is 0 Å². The summed E-state index contributed by atoms with van der Waals surface area (Å²) in [5, 5.41) is 12.5. The summed E-state index contributed by atoms with van der Waals surface area (Å²) in [5.41, 5.74) is 0. The molecule has 1 atom stereocenters. The molecule has 4 nitrogen and oxygen atoms in total. The Morgan fingerprint density at radius 1 is 1.31 bits per heavy atom. The quantitative estimate of drug-likeness (QED) is 0.531. The molecule has 0 rings (SSSR count). The van der Waals surface area contributed by atoms with Crippen LogP contribution in [-0.4, -0.2) is 50.7 Å². The van der Waals surface area contributed by atoms with Crippen molar-refractivity contribution in [2.45, 2.75) is 26.0 Å². The lowest BCUT2D eigenvalue weighted by atomic mass is 10.3. The van der Waals surface area contributed by atoms with Crippen LogP contribution in [0.25, 0.3) is 0 Å². The molecule has 0 aromatic carbocycles. The lowest BCUT2D eigenvalue weighted by Crippen LogP contribution is -2.34. The fraction of sp³-hybridized carbons (Fsp3) is 1.00. The monoisotopic (exact) mass is 191 g/mol. The van der Waals surface area contributed by atoms with Gasteiger partial charge in [-0.25, -0.2) is 0 Å². The Morgan fingerprint density at radius 3 is 2.54 bits per heavy atom. The Morgan fingerprint density at radius 2 is 2.00 bits per heavy atom. The lowest BCUT2D eigenvalue weighted by Gasteiger charge is -2.13. The van der Waals surface area contributed by atoms with Crippen LogP contribution in [0.1, 0.15) is 13.8 Å². The Kier molecular flexibility index (Phi) is 8.33. The summed E-state index contributed by atoms with van der Waals surface area (Å²) >= 11 is 0. The molecule has 0 heterocycles. The average molecular weight is 191 g/mol. The minimum Gasteiger partial charge on any atom is -0.389 e. The van der Waals surface area contributed by atoms with Crippen molar-refractivity contribution in [1.82, 2.24) is 5.32 Å². The van der Waals surface area contributed by atoms with E-state index in [-0.39, 0.29) is 0 Å². The molecule has 0 amide bonds. The molecule has 0 aliphatic heterocycles. The Bertz CT molecular complexity index is 109. The normalized spacial score (nSPS) is 13.6. The molecule has 0 bridgehead atoms. The van der Waals surface area contributed by atoms with Gasteiger partial charge in [0.1, 0.15) is 0 Å². The smallest absolute Gasteiger partial charge is 0.0897 e. The van der Waals surface area contributed by atoms with Crippen LogP contribution in [0, 0.1) is 0 Å². The summed E-state index contributed by atoms with van der Waals surface area (Å²) in [7, 11) is 1.63. The molecule has 4 heteroatoms. The average Bonchev–Trinajstić information content (AvgIpc) is 2.09. The number of nitrogens with one attached hydrogen (secondary N) is 1. The van der Waals surface area contributed by atoms with Crippen LogP contribution in [0.15, 0.2) is 0 Å². The van der Waals surface area contributed by atoms with E-state index >= 15 is 0 Å². The van der Waals surface area contributed by atoms with Crippen LogP contribution in [-0.2, 0) is 9.47 Å². The fourth-order valence-corrected chi connectivity index (χ4v) is 0.792. The molecule has 0 aliphatic carbocycles. The maximum absolute atomic E-state index is 9.37. The molecule has 13 heavy (non-hydrogen) atoms. The van der Waals surface area contributed by atoms with Crippen molar-refractivity contribution in [2.75, 3.05) is 33.5 Å². The van der Waals surface area contributed by atoms with Gasteiger partial charge in [-0.3, -0.25) is 0 Å². The first-order valence-corrected chi connectivity index (χ1v) is 4.65. The van der Waals surface area contributed by atoms with Crippen molar-refractivity contribution in [3.63, 3.8) is 0 Å². The van der Waals surface area contributed by atoms with E-state index in [0.29, 0.717) is 32.4 Å². The highest BCUT2D eigenvalue weighted by atomic mass is 16.5. The van der Waals surface area contributed by atoms with E-state index in [2.05, 4.69) is 5.32 Å². The molecule has 0 aromatic rings. The Hall–Kier alpha value is -0.160. The molecule has 0 radical (unpaired) electrons. The fourth-order valence-electron chi connectivity index (χ4n) is 0.792. The summed E-state index contributed by atoms with van der Waals surface area (Å²) < 4.78 is 9.95. The zero-order valence-electron chi connectivity index (χ0n) is 8.75. The van der Waals surface area contributed by atoms with Crippen molar-refractivity contribution in [2.24, 2.45) is 0 Å². The summed E-state index contributed by atoms with van der Waals surface area (Å²) in [6, 6.07) is 0.397. The van der Waals surface area contributed by atoms with Crippen molar-refractivity contribution < 1.29 is 14.6 Å². The van der Waals surface area contributed by atoms with E-state index in [0.717, 1.165) is 0 Å². The van der Waals surface area contributed by atoms with Crippen LogP contribution in [0.5, 0.6) is 0 Å². The van der Waals surface area contributed by atoms with E-state index in [4.69, 9.17) is 9.47 Å². The molecule has 0 aliphatic rings. The molecule has 0 saturated carbocycles. The van der Waals surface area contributed by atoms with E-state index in [1.165, 1.54) is 0 Å². The Balaban J connectivity index is 3.15. The van der Waals surface area contributed by atoms with Gasteiger partial charge < -0.3 is 19.9 Å². The second kappa shape index (κ2) is 8.44. The summed E-state index contributed by atoms with van der Waals surface area (Å²) in [5.74, 6) is 0. The second-order valence-electron chi connectivity index (χ2n) is 3.28. The molecule has 0 spiro atoms. The predicted octanol–water partition coefficient (Wildman–Crippen LogP) is 0.00830. The second-order valence-corrected chi connectivity index (χ2v) is 3.28. The number of methoxy groups -OCH3 is 1. The molecule has 1 unspecified atom stereocenters. The lowest BCUT2D eigenvalue weighted by molar-refractivity contribution is 0.0132. The van der Waals surface area contributed by atoms with Crippen LogP contribution in [0.3, 0.4) is 0 Å². The van der Waals surface area contributed by atoms with Gasteiger partial charge in [-0.05, 0) is 0 Å². The summed E-state index contributed by atoms with van der Waals surface area (Å²) in [6.45, 7) is 6.13. The van der Waals surface area contributed by atoms with Crippen molar-refractivity contribution in [1.29, 1.82) is 0 Å². The SMILES string of the molecule is COCCOCC(O)CNC(C)C. The van der Waals surface area contributed by atoms with Gasteiger partial charge in [0.15, 0.2) is 0 Å². The van der Waals surface area contributed by atoms with Gasteiger partial charge in [0.2, 0.25) is 0 Å². The van der Waals surface area contributed by atoms with Gasteiger partial charge in [-0.2, -0.15) is 0 Å². The van der Waals surface area contributed by atoms with Crippen molar-refractivity contribution in [3.05, 3.63) is 0 Å². The highest BCUT2D eigenvalue weighted by Gasteiger charge is 2.03. The van der Waals surface area contributed by atoms with Crippen LogP contribution >= 0.6 is 0 Å². The summed E-state index contributed by atoms with van der Waals surface area (Å²) in [6.07, 6.45) is -0.431. The predicted molar refractivity (Wildman–Crippen MR) is 51.8 cm³/mol. The van der Waals surface area contributed by atoms with Gasteiger partial charge in [-0.15, -0.1) is 0 Å². The minimum absolute atomic E-state index is 0.364. The molecule has 0 saturated heterocycles. The largest absolute Gasteiger partial charge is 0.389 e. The Labute approximate surface area is 80.2 Å². The number of hydrogen-bond acceptors (Lipinski definition) is 4. The van der Waals surface area contributed by atoms with Gasteiger partial charge >= 0.3 is 0 Å². The number of hydrogen-bond donors (Lipinski definition) is 2. The number of aliphatic hydroxyl groups is 1. The van der Waals surface area contributed by atoms with E-state index in [1.807, 2.05) is 13.8 Å². The van der Waals surface area contributed by atoms with E-state index in [1.54, 1.807) is 7.11 Å². The maximum atomic E-state index is 9.37. The van der Waals surface area contributed by atoms with Crippen LogP contribution in [0.2, 0.25) is 0 Å². The van der Waals surface area contributed by atoms with Crippen LogP contribution in [0.4, 0.5) is 0 Å². The van der Waals surface area contributed by atoms with Gasteiger partial charge in [-0.1, -0.05) is 13.8 Å². The molecule has 0 fully saturated rings. The summed E-state index contributed by atoms with van der Waals surface area (Å²) in [4.78, 5) is 0. The number of rotatable bonds is 8. The standard InChI is InChI=1S/C9H21NO3/c1-8(2)10-6-9(11)7-13-5-4-12-3/h8-11H,4-7H2,1-3H3. The third-order valence-electron chi connectivity index (χ3n) is 1.50. The zero-order chi connectivity index (χ0) is 10.1. The number of ether oxygens (including phenoxy) is 2. The van der Waals surface area contributed by atoms with Crippen molar-refractivity contribution >= 4 is 0 Å². The van der Waals surface area contributed by atoms with E-state index < -0.39 is 6.10 Å².